The SMILES string of the molecule is CO.COC(=O)C1C[C@H](C)C(C)N1. The summed E-state index contributed by atoms with van der Waals surface area (Å²) in [5.41, 5.74) is 0. The molecule has 1 saturated heterocycles. The lowest BCUT2D eigenvalue weighted by Crippen LogP contribution is -2.35. The highest BCUT2D eigenvalue weighted by Crippen LogP contribution is 2.19. The first kappa shape index (κ1) is 12.4. The zero-order valence-electron chi connectivity index (χ0n) is 8.70. The van der Waals surface area contributed by atoms with E-state index in [-0.39, 0.29) is 12.0 Å². The summed E-state index contributed by atoms with van der Waals surface area (Å²) in [7, 11) is 2.43. The van der Waals surface area contributed by atoms with Crippen LogP contribution in [0.3, 0.4) is 0 Å². The van der Waals surface area contributed by atoms with Gasteiger partial charge in [0.05, 0.1) is 7.11 Å². The Morgan fingerprint density at radius 2 is 2.00 bits per heavy atom. The molecule has 1 fully saturated rings. The molecule has 1 heterocycles. The van der Waals surface area contributed by atoms with Crippen LogP contribution in [-0.2, 0) is 9.53 Å². The van der Waals surface area contributed by atoms with Gasteiger partial charge in [-0.1, -0.05) is 6.92 Å². The number of carbonyl (C=O) groups is 1. The summed E-state index contributed by atoms with van der Waals surface area (Å²) in [5, 5.41) is 10.2. The predicted octanol–water partition coefficient (Wildman–Crippen LogP) is 0.154. The van der Waals surface area contributed by atoms with Gasteiger partial charge in [0, 0.05) is 13.2 Å². The molecule has 0 aromatic heterocycles. The highest BCUT2D eigenvalue weighted by Gasteiger charge is 2.32. The predicted molar refractivity (Wildman–Crippen MR) is 50.3 cm³/mol. The van der Waals surface area contributed by atoms with Crippen LogP contribution in [0.5, 0.6) is 0 Å². The number of methoxy groups -OCH3 is 1. The molecular formula is C9H19NO3. The van der Waals surface area contributed by atoms with Gasteiger partial charge in [0.1, 0.15) is 6.04 Å². The quantitative estimate of drug-likeness (QED) is 0.577. The maximum Gasteiger partial charge on any atom is 0.322 e. The molecule has 0 aliphatic carbocycles. The standard InChI is InChI=1S/C8H15NO2.CH4O/c1-5-4-7(8(10)11-3)9-6(5)2;1-2/h5-7,9H,4H2,1-3H3;2H,1H3/t5-,6?,7?;/m0./s1. The molecule has 0 aromatic rings. The Morgan fingerprint density at radius 3 is 2.31 bits per heavy atom. The van der Waals surface area contributed by atoms with Gasteiger partial charge < -0.3 is 15.2 Å². The minimum absolute atomic E-state index is 0.0787. The fraction of sp³-hybridized carbons (Fsp3) is 0.889. The molecule has 3 atom stereocenters. The first-order valence-electron chi connectivity index (χ1n) is 4.43. The van der Waals surface area contributed by atoms with Crippen molar-refractivity contribution in [1.82, 2.24) is 5.32 Å². The minimum Gasteiger partial charge on any atom is -0.468 e. The second-order valence-electron chi connectivity index (χ2n) is 3.24. The second kappa shape index (κ2) is 5.94. The van der Waals surface area contributed by atoms with Crippen molar-refractivity contribution in [1.29, 1.82) is 0 Å². The Bertz CT molecular complexity index is 151. The van der Waals surface area contributed by atoms with Gasteiger partial charge in [-0.05, 0) is 19.3 Å². The Labute approximate surface area is 79.3 Å². The Balaban J connectivity index is 0.000000671. The third-order valence-electron chi connectivity index (χ3n) is 2.41. The molecule has 0 saturated carbocycles. The molecule has 0 amide bonds. The lowest BCUT2D eigenvalue weighted by Gasteiger charge is -2.08. The lowest BCUT2D eigenvalue weighted by molar-refractivity contribution is -0.142. The lowest BCUT2D eigenvalue weighted by atomic mass is 10.0. The van der Waals surface area contributed by atoms with Crippen LogP contribution in [0, 0.1) is 5.92 Å². The summed E-state index contributed by atoms with van der Waals surface area (Å²) in [6.45, 7) is 4.23. The normalized spacial score (nSPS) is 31.9. The van der Waals surface area contributed by atoms with Crippen LogP contribution >= 0.6 is 0 Å². The van der Waals surface area contributed by atoms with Crippen molar-refractivity contribution in [2.45, 2.75) is 32.4 Å². The number of hydrogen-bond donors (Lipinski definition) is 2. The average Bonchev–Trinajstić information content (AvgIpc) is 2.49. The molecule has 78 valence electrons. The number of aliphatic hydroxyl groups is 1. The van der Waals surface area contributed by atoms with E-state index in [0.29, 0.717) is 12.0 Å². The van der Waals surface area contributed by atoms with Crippen LogP contribution in [0.2, 0.25) is 0 Å². The molecular weight excluding hydrogens is 170 g/mol. The van der Waals surface area contributed by atoms with Crippen molar-refractivity contribution < 1.29 is 14.6 Å². The fourth-order valence-corrected chi connectivity index (χ4v) is 1.43. The van der Waals surface area contributed by atoms with E-state index in [1.807, 2.05) is 0 Å². The van der Waals surface area contributed by atoms with E-state index >= 15 is 0 Å². The molecule has 0 aromatic carbocycles. The van der Waals surface area contributed by atoms with Crippen molar-refractivity contribution in [3.63, 3.8) is 0 Å². The maximum absolute atomic E-state index is 11.0. The summed E-state index contributed by atoms with van der Waals surface area (Å²) >= 11 is 0. The van der Waals surface area contributed by atoms with Crippen molar-refractivity contribution in [2.24, 2.45) is 5.92 Å². The van der Waals surface area contributed by atoms with Gasteiger partial charge in [0.2, 0.25) is 0 Å². The molecule has 2 unspecified atom stereocenters. The van der Waals surface area contributed by atoms with E-state index in [4.69, 9.17) is 5.11 Å². The van der Waals surface area contributed by atoms with Crippen LogP contribution in [-0.4, -0.2) is 37.4 Å². The van der Waals surface area contributed by atoms with Gasteiger partial charge in [0.15, 0.2) is 0 Å². The number of hydrogen-bond acceptors (Lipinski definition) is 4. The fourth-order valence-electron chi connectivity index (χ4n) is 1.43. The van der Waals surface area contributed by atoms with Crippen LogP contribution < -0.4 is 5.32 Å². The summed E-state index contributed by atoms with van der Waals surface area (Å²) in [6.07, 6.45) is 0.897. The van der Waals surface area contributed by atoms with Crippen molar-refractivity contribution >= 4 is 5.97 Å². The van der Waals surface area contributed by atoms with E-state index in [2.05, 4.69) is 23.9 Å². The highest BCUT2D eigenvalue weighted by molar-refractivity contribution is 5.76. The number of aliphatic hydroxyl groups excluding tert-OH is 1. The Morgan fingerprint density at radius 1 is 1.46 bits per heavy atom. The first-order chi connectivity index (χ1) is 6.15. The molecule has 1 aliphatic heterocycles. The Kier molecular flexibility index (Phi) is 5.66. The number of ether oxygens (including phenoxy) is 1. The van der Waals surface area contributed by atoms with Crippen molar-refractivity contribution in [2.75, 3.05) is 14.2 Å². The zero-order chi connectivity index (χ0) is 10.4. The minimum atomic E-state index is -0.138. The highest BCUT2D eigenvalue weighted by atomic mass is 16.5. The smallest absolute Gasteiger partial charge is 0.322 e. The summed E-state index contributed by atoms with van der Waals surface area (Å²) in [4.78, 5) is 11.0. The molecule has 4 heteroatoms. The van der Waals surface area contributed by atoms with Gasteiger partial charge in [-0.15, -0.1) is 0 Å². The average molecular weight is 189 g/mol. The molecule has 0 spiro atoms. The zero-order valence-corrected chi connectivity index (χ0v) is 8.70. The summed E-state index contributed by atoms with van der Waals surface area (Å²) in [6, 6.07) is 0.351. The molecule has 13 heavy (non-hydrogen) atoms. The first-order valence-corrected chi connectivity index (χ1v) is 4.43. The van der Waals surface area contributed by atoms with Crippen LogP contribution in [0.1, 0.15) is 20.3 Å². The van der Waals surface area contributed by atoms with Crippen molar-refractivity contribution in [3.05, 3.63) is 0 Å². The summed E-state index contributed by atoms with van der Waals surface area (Å²) in [5.74, 6) is 0.431. The molecule has 1 aliphatic rings. The van der Waals surface area contributed by atoms with E-state index in [1.165, 1.54) is 7.11 Å². The third kappa shape index (κ3) is 3.32. The maximum atomic E-state index is 11.0. The molecule has 1 rings (SSSR count). The number of esters is 1. The summed E-state index contributed by atoms with van der Waals surface area (Å²) < 4.78 is 4.63. The largest absolute Gasteiger partial charge is 0.468 e. The van der Waals surface area contributed by atoms with Crippen molar-refractivity contribution in [3.8, 4) is 0 Å². The van der Waals surface area contributed by atoms with Crippen LogP contribution in [0.25, 0.3) is 0 Å². The van der Waals surface area contributed by atoms with Gasteiger partial charge >= 0.3 is 5.97 Å². The van der Waals surface area contributed by atoms with E-state index < -0.39 is 0 Å². The second-order valence-corrected chi connectivity index (χ2v) is 3.24. The van der Waals surface area contributed by atoms with Crippen LogP contribution in [0.15, 0.2) is 0 Å². The molecule has 4 nitrogen and oxygen atoms in total. The van der Waals surface area contributed by atoms with Gasteiger partial charge in [-0.25, -0.2) is 0 Å². The number of carbonyl (C=O) groups excluding carboxylic acids is 1. The Hall–Kier alpha value is -0.610. The van der Waals surface area contributed by atoms with Gasteiger partial charge in [-0.2, -0.15) is 0 Å². The topological polar surface area (TPSA) is 58.6 Å². The van der Waals surface area contributed by atoms with E-state index in [1.54, 1.807) is 0 Å². The van der Waals surface area contributed by atoms with Gasteiger partial charge in [-0.3, -0.25) is 4.79 Å². The number of nitrogens with one attached hydrogen (secondary N) is 1. The third-order valence-corrected chi connectivity index (χ3v) is 2.41. The van der Waals surface area contributed by atoms with Gasteiger partial charge in [0.25, 0.3) is 0 Å². The molecule has 0 bridgehead atoms. The number of rotatable bonds is 1. The molecule has 2 N–H and O–H groups in total. The monoisotopic (exact) mass is 189 g/mol. The van der Waals surface area contributed by atoms with E-state index in [0.717, 1.165) is 13.5 Å². The van der Waals surface area contributed by atoms with E-state index in [9.17, 15) is 4.79 Å². The molecule has 0 radical (unpaired) electrons. The van der Waals surface area contributed by atoms with Crippen LogP contribution in [0.4, 0.5) is 0 Å².